The lowest BCUT2D eigenvalue weighted by Gasteiger charge is -2.38. The molecule has 0 aromatic carbocycles. The fourth-order valence-corrected chi connectivity index (χ4v) is 1.99. The van der Waals surface area contributed by atoms with Crippen molar-refractivity contribution in [1.29, 1.82) is 0 Å². The zero-order valence-electron chi connectivity index (χ0n) is 11.6. The molecule has 0 aromatic rings. The molecule has 0 amide bonds. The minimum absolute atomic E-state index is 0.349. The number of hydrogen-bond acceptors (Lipinski definition) is 4. The van der Waals surface area contributed by atoms with Gasteiger partial charge in [-0.15, -0.1) is 0 Å². The van der Waals surface area contributed by atoms with E-state index in [4.69, 9.17) is 10.8 Å². The van der Waals surface area contributed by atoms with E-state index in [0.29, 0.717) is 24.7 Å². The van der Waals surface area contributed by atoms with Gasteiger partial charge in [-0.2, -0.15) is 0 Å². The monoisotopic (exact) mass is 247 g/mol. The summed E-state index contributed by atoms with van der Waals surface area (Å²) < 4.78 is 0. The first-order valence-corrected chi connectivity index (χ1v) is 6.50. The summed E-state index contributed by atoms with van der Waals surface area (Å²) in [6.45, 7) is 7.70. The third kappa shape index (κ3) is 5.34. The molecule has 5 N–H and O–H groups in total. The van der Waals surface area contributed by atoms with E-state index in [9.17, 15) is 10.2 Å². The van der Waals surface area contributed by atoms with E-state index in [0.717, 1.165) is 6.42 Å². The van der Waals surface area contributed by atoms with Crippen molar-refractivity contribution in [2.75, 3.05) is 6.61 Å². The quantitative estimate of drug-likeness (QED) is 0.513. The molecule has 0 radical (unpaired) electrons. The van der Waals surface area contributed by atoms with Gasteiger partial charge in [0.05, 0.1) is 6.61 Å². The van der Waals surface area contributed by atoms with Crippen LogP contribution in [0.5, 0.6) is 0 Å². The van der Waals surface area contributed by atoms with Gasteiger partial charge in [0.15, 0.2) is 0 Å². The van der Waals surface area contributed by atoms with Gasteiger partial charge in [0.2, 0.25) is 0 Å². The smallest absolute Gasteiger partial charge is 0.108 e. The van der Waals surface area contributed by atoms with E-state index in [-0.39, 0.29) is 0 Å². The molecule has 0 bridgehead atoms. The average molecular weight is 247 g/mol. The maximum atomic E-state index is 10.5. The van der Waals surface area contributed by atoms with Crippen molar-refractivity contribution in [1.82, 2.24) is 0 Å². The molecule has 0 saturated carbocycles. The lowest BCUT2D eigenvalue weighted by Crippen LogP contribution is -2.58. The van der Waals surface area contributed by atoms with Crippen molar-refractivity contribution >= 4 is 0 Å². The van der Waals surface area contributed by atoms with Crippen LogP contribution in [-0.2, 0) is 0 Å². The van der Waals surface area contributed by atoms with E-state index in [1.54, 1.807) is 0 Å². The molecule has 3 unspecified atom stereocenters. The van der Waals surface area contributed by atoms with Crippen LogP contribution < -0.4 is 5.73 Å². The minimum Gasteiger partial charge on any atom is -0.394 e. The van der Waals surface area contributed by atoms with Crippen molar-refractivity contribution in [2.24, 2.45) is 17.6 Å². The molecule has 4 heteroatoms. The second kappa shape index (κ2) is 7.31. The van der Waals surface area contributed by atoms with Gasteiger partial charge in [0.25, 0.3) is 0 Å². The van der Waals surface area contributed by atoms with Crippen molar-refractivity contribution in [3.63, 3.8) is 0 Å². The zero-order valence-corrected chi connectivity index (χ0v) is 11.6. The predicted octanol–water partition coefficient (Wildman–Crippen LogP) is 0.880. The summed E-state index contributed by atoms with van der Waals surface area (Å²) in [5.41, 5.74) is 4.61. The Morgan fingerprint density at radius 2 is 1.65 bits per heavy atom. The highest BCUT2D eigenvalue weighted by atomic mass is 16.4. The molecule has 0 aliphatic heterocycles. The molecule has 3 atom stereocenters. The van der Waals surface area contributed by atoms with E-state index in [1.807, 2.05) is 13.8 Å². The molecule has 0 saturated heterocycles. The Labute approximate surface area is 105 Å². The van der Waals surface area contributed by atoms with Crippen LogP contribution in [0.3, 0.4) is 0 Å². The van der Waals surface area contributed by atoms with Crippen molar-refractivity contribution in [2.45, 2.75) is 64.7 Å². The highest BCUT2D eigenvalue weighted by molar-refractivity contribution is 4.95. The first kappa shape index (κ1) is 16.8. The maximum Gasteiger partial charge on any atom is 0.108 e. The Hall–Kier alpha value is -0.160. The molecule has 17 heavy (non-hydrogen) atoms. The van der Waals surface area contributed by atoms with Gasteiger partial charge in [-0.1, -0.05) is 27.7 Å². The topological polar surface area (TPSA) is 86.7 Å². The Bertz CT molecular complexity index is 209. The van der Waals surface area contributed by atoms with Crippen molar-refractivity contribution in [3.8, 4) is 0 Å². The van der Waals surface area contributed by atoms with Gasteiger partial charge in [-0.25, -0.2) is 0 Å². The summed E-state index contributed by atoms with van der Waals surface area (Å²) in [6, 6.07) is -0.511. The molecule has 4 nitrogen and oxygen atoms in total. The highest BCUT2D eigenvalue weighted by Gasteiger charge is 2.40. The van der Waals surface area contributed by atoms with Crippen LogP contribution in [0, 0.1) is 11.8 Å². The van der Waals surface area contributed by atoms with Gasteiger partial charge in [-0.3, -0.25) is 0 Å². The molecular weight excluding hydrogens is 218 g/mol. The van der Waals surface area contributed by atoms with E-state index >= 15 is 0 Å². The molecule has 0 heterocycles. The number of hydrogen-bond donors (Lipinski definition) is 4. The van der Waals surface area contributed by atoms with Gasteiger partial charge in [0.1, 0.15) is 11.7 Å². The molecule has 0 spiro atoms. The number of aliphatic hydroxyl groups is 3. The first-order chi connectivity index (χ1) is 7.74. The Kier molecular flexibility index (Phi) is 7.24. The summed E-state index contributed by atoms with van der Waals surface area (Å²) in [4.78, 5) is 0. The van der Waals surface area contributed by atoms with E-state index in [2.05, 4.69) is 13.8 Å². The molecule has 0 aromatic heterocycles. The molecule has 0 aliphatic rings. The van der Waals surface area contributed by atoms with Crippen molar-refractivity contribution < 1.29 is 15.3 Å². The normalized spacial score (nSPS) is 19.4. The lowest BCUT2D eigenvalue weighted by atomic mass is 9.79. The third-order valence-corrected chi connectivity index (χ3v) is 3.24. The van der Waals surface area contributed by atoms with Crippen molar-refractivity contribution in [3.05, 3.63) is 0 Å². The van der Waals surface area contributed by atoms with Crippen LogP contribution in [0.25, 0.3) is 0 Å². The molecule has 0 fully saturated rings. The fourth-order valence-electron chi connectivity index (χ4n) is 1.99. The fraction of sp³-hybridized carbons (Fsp3) is 1.00. The van der Waals surface area contributed by atoms with Crippen LogP contribution in [0.15, 0.2) is 0 Å². The van der Waals surface area contributed by atoms with Gasteiger partial charge in [0, 0.05) is 6.04 Å². The summed E-state index contributed by atoms with van der Waals surface area (Å²) in [5, 5.41) is 29.4. The standard InChI is InChI=1S/C13H29NO3/c1-9(2)5-6-13(17,12(16)8-15)11(14)7-10(3)4/h9-12,15-17H,5-8,14H2,1-4H3. The minimum atomic E-state index is -1.39. The molecular formula is C13H29NO3. The summed E-state index contributed by atoms with van der Waals surface area (Å²) in [5.74, 6) is 0.778. The average Bonchev–Trinajstić information content (AvgIpc) is 2.23. The molecule has 0 rings (SSSR count). The number of rotatable bonds is 8. The van der Waals surface area contributed by atoms with Crippen LogP contribution >= 0.6 is 0 Å². The highest BCUT2D eigenvalue weighted by Crippen LogP contribution is 2.27. The van der Waals surface area contributed by atoms with Gasteiger partial charge >= 0.3 is 0 Å². The molecule has 104 valence electrons. The van der Waals surface area contributed by atoms with Crippen LogP contribution in [0.4, 0.5) is 0 Å². The van der Waals surface area contributed by atoms with Crippen LogP contribution in [0.2, 0.25) is 0 Å². The van der Waals surface area contributed by atoms with Crippen LogP contribution in [-0.4, -0.2) is 39.7 Å². The number of aliphatic hydroxyl groups excluding tert-OH is 2. The van der Waals surface area contributed by atoms with Gasteiger partial charge < -0.3 is 21.1 Å². The maximum absolute atomic E-state index is 10.5. The third-order valence-electron chi connectivity index (χ3n) is 3.24. The Morgan fingerprint density at radius 1 is 1.12 bits per heavy atom. The molecule has 0 aliphatic carbocycles. The summed E-state index contributed by atoms with van der Waals surface area (Å²) in [6.07, 6.45) is 0.653. The predicted molar refractivity (Wildman–Crippen MR) is 69.5 cm³/mol. The second-order valence-corrected chi connectivity index (χ2v) is 5.86. The SMILES string of the molecule is CC(C)CCC(O)(C(N)CC(C)C)C(O)CO. The van der Waals surface area contributed by atoms with E-state index < -0.39 is 24.4 Å². The van der Waals surface area contributed by atoms with Crippen LogP contribution in [0.1, 0.15) is 47.0 Å². The second-order valence-electron chi connectivity index (χ2n) is 5.86. The summed E-state index contributed by atoms with van der Waals surface area (Å²) >= 11 is 0. The zero-order chi connectivity index (χ0) is 13.6. The van der Waals surface area contributed by atoms with Gasteiger partial charge in [-0.05, 0) is 31.1 Å². The Balaban J connectivity index is 4.70. The van der Waals surface area contributed by atoms with E-state index in [1.165, 1.54) is 0 Å². The Morgan fingerprint density at radius 3 is 2.00 bits per heavy atom. The number of nitrogens with two attached hydrogens (primary N) is 1. The largest absolute Gasteiger partial charge is 0.394 e. The lowest BCUT2D eigenvalue weighted by molar-refractivity contribution is -0.118. The first-order valence-electron chi connectivity index (χ1n) is 6.50. The summed E-state index contributed by atoms with van der Waals surface area (Å²) in [7, 11) is 0.